The van der Waals surface area contributed by atoms with Gasteiger partial charge in [0, 0.05) is 13.1 Å². The van der Waals surface area contributed by atoms with E-state index in [1.54, 1.807) is 6.07 Å². The Morgan fingerprint density at radius 3 is 2.52 bits per heavy atom. The van der Waals surface area contributed by atoms with Gasteiger partial charge in [0.1, 0.15) is 0 Å². The van der Waals surface area contributed by atoms with E-state index in [4.69, 9.17) is 4.74 Å². The van der Waals surface area contributed by atoms with Crippen LogP contribution in [0.5, 0.6) is 0 Å². The highest BCUT2D eigenvalue weighted by Gasteiger charge is 2.13. The van der Waals surface area contributed by atoms with Gasteiger partial charge in [0.05, 0.1) is 19.6 Å². The van der Waals surface area contributed by atoms with Crippen LogP contribution < -0.4 is 10.2 Å². The van der Waals surface area contributed by atoms with Gasteiger partial charge >= 0.3 is 0 Å². The Bertz CT molecular complexity index is 649. The Balaban J connectivity index is 1.57. The summed E-state index contributed by atoms with van der Waals surface area (Å²) in [4.78, 5) is 14.2. The molecule has 0 spiro atoms. The number of carbonyl (C=O) groups is 1. The number of anilines is 2. The first-order valence-electron chi connectivity index (χ1n) is 7.72. The lowest BCUT2D eigenvalue weighted by Crippen LogP contribution is -2.36. The second-order valence-electron chi connectivity index (χ2n) is 5.59. The van der Waals surface area contributed by atoms with Gasteiger partial charge in [-0.3, -0.25) is 4.79 Å². The Labute approximate surface area is 135 Å². The molecule has 120 valence electrons. The van der Waals surface area contributed by atoms with Crippen molar-refractivity contribution in [3.63, 3.8) is 0 Å². The number of nitrogens with one attached hydrogen (secondary N) is 1. The standard InChI is InChI=1S/C17H20N4O2/c1-13-2-4-14(5-3-13)12-17(22)18-15-6-7-16(20-19-15)21-8-10-23-11-9-21/h2-7H,8-12H2,1H3,(H,18,19,22). The molecule has 0 bridgehead atoms. The van der Waals surface area contributed by atoms with Crippen LogP contribution in [-0.4, -0.2) is 42.4 Å². The first kappa shape index (κ1) is 15.4. The molecule has 1 amide bonds. The summed E-state index contributed by atoms with van der Waals surface area (Å²) in [6.45, 7) is 5.06. The molecule has 1 aromatic carbocycles. The van der Waals surface area contributed by atoms with Crippen molar-refractivity contribution in [2.45, 2.75) is 13.3 Å². The van der Waals surface area contributed by atoms with Crippen molar-refractivity contribution in [3.05, 3.63) is 47.5 Å². The van der Waals surface area contributed by atoms with Crippen LogP contribution in [0, 0.1) is 6.92 Å². The number of carbonyl (C=O) groups excluding carboxylic acids is 1. The van der Waals surface area contributed by atoms with Gasteiger partial charge in [0.2, 0.25) is 5.91 Å². The predicted molar refractivity (Wildman–Crippen MR) is 88.6 cm³/mol. The van der Waals surface area contributed by atoms with Crippen LogP contribution in [0.1, 0.15) is 11.1 Å². The summed E-state index contributed by atoms with van der Waals surface area (Å²) in [6.07, 6.45) is 0.327. The maximum absolute atomic E-state index is 12.0. The molecule has 1 saturated heterocycles. The van der Waals surface area contributed by atoms with Crippen LogP contribution in [-0.2, 0) is 16.0 Å². The fraction of sp³-hybridized carbons (Fsp3) is 0.353. The third kappa shape index (κ3) is 4.26. The Kier molecular flexibility index (Phi) is 4.83. The molecule has 0 saturated carbocycles. The molecule has 1 aromatic heterocycles. The molecule has 1 fully saturated rings. The SMILES string of the molecule is Cc1ccc(CC(=O)Nc2ccc(N3CCOCC3)nn2)cc1. The average molecular weight is 312 g/mol. The van der Waals surface area contributed by atoms with Crippen LogP contribution in [0.3, 0.4) is 0 Å². The van der Waals surface area contributed by atoms with E-state index in [1.807, 2.05) is 37.3 Å². The normalized spacial score (nSPS) is 14.6. The number of morpholine rings is 1. The minimum absolute atomic E-state index is 0.0951. The predicted octanol–water partition coefficient (Wildman–Crippen LogP) is 1.80. The number of aromatic nitrogens is 2. The molecule has 2 heterocycles. The molecule has 2 aromatic rings. The highest BCUT2D eigenvalue weighted by Crippen LogP contribution is 2.13. The molecule has 0 atom stereocenters. The number of rotatable bonds is 4. The maximum atomic E-state index is 12.0. The van der Waals surface area contributed by atoms with E-state index in [0.717, 1.165) is 24.5 Å². The summed E-state index contributed by atoms with van der Waals surface area (Å²) in [7, 11) is 0. The van der Waals surface area contributed by atoms with Crippen molar-refractivity contribution >= 4 is 17.5 Å². The molecule has 1 N–H and O–H groups in total. The summed E-state index contributed by atoms with van der Waals surface area (Å²) < 4.78 is 5.31. The molecular weight excluding hydrogens is 292 g/mol. The first-order chi connectivity index (χ1) is 11.2. The van der Waals surface area contributed by atoms with Crippen LogP contribution >= 0.6 is 0 Å². The summed E-state index contributed by atoms with van der Waals surface area (Å²) in [5.74, 6) is 1.19. The van der Waals surface area contributed by atoms with Gasteiger partial charge in [-0.05, 0) is 24.6 Å². The molecule has 0 aliphatic carbocycles. The summed E-state index contributed by atoms with van der Waals surface area (Å²) in [5.41, 5.74) is 2.16. The van der Waals surface area contributed by atoms with E-state index in [1.165, 1.54) is 5.56 Å². The molecule has 3 rings (SSSR count). The quantitative estimate of drug-likeness (QED) is 0.932. The van der Waals surface area contributed by atoms with Gasteiger partial charge in [-0.1, -0.05) is 29.8 Å². The number of hydrogen-bond donors (Lipinski definition) is 1. The number of nitrogens with zero attached hydrogens (tertiary/aromatic N) is 3. The van der Waals surface area contributed by atoms with Crippen LogP contribution in [0.2, 0.25) is 0 Å². The van der Waals surface area contributed by atoms with E-state index >= 15 is 0 Å². The van der Waals surface area contributed by atoms with Crippen molar-refractivity contribution in [1.29, 1.82) is 0 Å². The molecule has 6 heteroatoms. The van der Waals surface area contributed by atoms with E-state index in [2.05, 4.69) is 20.4 Å². The number of amides is 1. The van der Waals surface area contributed by atoms with Crippen LogP contribution in [0.15, 0.2) is 36.4 Å². The maximum Gasteiger partial charge on any atom is 0.229 e. The van der Waals surface area contributed by atoms with Crippen LogP contribution in [0.25, 0.3) is 0 Å². The third-order valence-corrected chi connectivity index (χ3v) is 3.74. The lowest BCUT2D eigenvalue weighted by Gasteiger charge is -2.27. The van der Waals surface area contributed by atoms with Gasteiger partial charge in [0.25, 0.3) is 0 Å². The monoisotopic (exact) mass is 312 g/mol. The topological polar surface area (TPSA) is 67.4 Å². The van der Waals surface area contributed by atoms with E-state index in [-0.39, 0.29) is 5.91 Å². The molecule has 23 heavy (non-hydrogen) atoms. The highest BCUT2D eigenvalue weighted by molar-refractivity contribution is 5.91. The van der Waals surface area contributed by atoms with Gasteiger partial charge in [-0.2, -0.15) is 0 Å². The third-order valence-electron chi connectivity index (χ3n) is 3.74. The molecular formula is C17H20N4O2. The lowest BCUT2D eigenvalue weighted by atomic mass is 10.1. The van der Waals surface area contributed by atoms with Gasteiger partial charge in [-0.25, -0.2) is 0 Å². The molecule has 1 aliphatic rings. The molecule has 6 nitrogen and oxygen atoms in total. The Hall–Kier alpha value is -2.47. The minimum Gasteiger partial charge on any atom is -0.378 e. The Morgan fingerprint density at radius 2 is 1.87 bits per heavy atom. The average Bonchev–Trinajstić information content (AvgIpc) is 2.58. The van der Waals surface area contributed by atoms with Crippen LogP contribution in [0.4, 0.5) is 11.6 Å². The van der Waals surface area contributed by atoms with Gasteiger partial charge in [-0.15, -0.1) is 10.2 Å². The van der Waals surface area contributed by atoms with Crippen molar-refractivity contribution in [1.82, 2.24) is 10.2 Å². The van der Waals surface area contributed by atoms with Crippen molar-refractivity contribution in [2.24, 2.45) is 0 Å². The van der Waals surface area contributed by atoms with Gasteiger partial charge < -0.3 is 15.0 Å². The largest absolute Gasteiger partial charge is 0.378 e. The summed E-state index contributed by atoms with van der Waals surface area (Å²) >= 11 is 0. The molecule has 0 unspecified atom stereocenters. The minimum atomic E-state index is -0.0951. The number of aryl methyl sites for hydroxylation is 1. The van der Waals surface area contributed by atoms with Crippen molar-refractivity contribution in [2.75, 3.05) is 36.5 Å². The zero-order valence-corrected chi connectivity index (χ0v) is 13.2. The van der Waals surface area contributed by atoms with E-state index in [0.29, 0.717) is 25.5 Å². The lowest BCUT2D eigenvalue weighted by molar-refractivity contribution is -0.115. The number of benzene rings is 1. The van der Waals surface area contributed by atoms with Crippen molar-refractivity contribution < 1.29 is 9.53 Å². The summed E-state index contributed by atoms with van der Waals surface area (Å²) in [6, 6.07) is 11.6. The fourth-order valence-corrected chi connectivity index (χ4v) is 2.43. The van der Waals surface area contributed by atoms with E-state index in [9.17, 15) is 4.79 Å². The Morgan fingerprint density at radius 1 is 1.13 bits per heavy atom. The highest BCUT2D eigenvalue weighted by atomic mass is 16.5. The summed E-state index contributed by atoms with van der Waals surface area (Å²) in [5, 5.41) is 11.0. The zero-order valence-electron chi connectivity index (χ0n) is 13.2. The smallest absolute Gasteiger partial charge is 0.229 e. The zero-order chi connectivity index (χ0) is 16.1. The first-order valence-corrected chi connectivity index (χ1v) is 7.72. The van der Waals surface area contributed by atoms with Crippen molar-refractivity contribution in [3.8, 4) is 0 Å². The second kappa shape index (κ2) is 7.19. The van der Waals surface area contributed by atoms with E-state index < -0.39 is 0 Å². The van der Waals surface area contributed by atoms with Gasteiger partial charge in [0.15, 0.2) is 11.6 Å². The fourth-order valence-electron chi connectivity index (χ4n) is 2.43. The molecule has 1 aliphatic heterocycles. The molecule has 0 radical (unpaired) electrons. The second-order valence-corrected chi connectivity index (χ2v) is 5.59. The number of hydrogen-bond acceptors (Lipinski definition) is 5. The number of ether oxygens (including phenoxy) is 1.